The van der Waals surface area contributed by atoms with Crippen molar-refractivity contribution in [3.8, 4) is 0 Å². The number of aromatic nitrogens is 2. The number of hydrogen-bond acceptors (Lipinski definition) is 5. The van der Waals surface area contributed by atoms with Gasteiger partial charge in [-0.1, -0.05) is 28.8 Å². The van der Waals surface area contributed by atoms with Gasteiger partial charge in [0.2, 0.25) is 5.91 Å². The van der Waals surface area contributed by atoms with Crippen LogP contribution in [-0.4, -0.2) is 26.5 Å². The Hall–Kier alpha value is -2.41. The first-order valence-corrected chi connectivity index (χ1v) is 9.14. The molecule has 3 heterocycles. The van der Waals surface area contributed by atoms with Gasteiger partial charge in [-0.3, -0.25) is 13.5 Å². The van der Waals surface area contributed by atoms with Crippen molar-refractivity contribution in [2.24, 2.45) is 0 Å². The van der Waals surface area contributed by atoms with Gasteiger partial charge in [-0.05, 0) is 38.8 Å². The molecule has 0 bridgehead atoms. The molecule has 3 aromatic rings. The third-order valence-corrected chi connectivity index (χ3v) is 5.89. The molecule has 1 atom stereocenters. The van der Waals surface area contributed by atoms with Crippen molar-refractivity contribution in [3.05, 3.63) is 51.6 Å². The van der Waals surface area contributed by atoms with Crippen molar-refractivity contribution in [1.82, 2.24) is 14.0 Å². The van der Waals surface area contributed by atoms with Crippen molar-refractivity contribution in [2.45, 2.75) is 39.3 Å². The fraction of sp³-hybridized carbons (Fsp3) is 0.389. The highest BCUT2D eigenvalue weighted by Gasteiger charge is 2.34. The summed E-state index contributed by atoms with van der Waals surface area (Å²) in [5.41, 5.74) is 1.75. The van der Waals surface area contributed by atoms with Crippen LogP contribution in [0.3, 0.4) is 0 Å². The number of rotatable bonds is 3. The standard InChI is InChI=1S/C18H19N3O3S/c1-11-17(12(2)24-19-11)14-7-5-9-20(14)16(22)10-21-18(23)13-6-3-4-8-15(13)25-21/h3-4,6,8,14H,5,7,9-10H2,1-2H3/t14-/m0/s1. The summed E-state index contributed by atoms with van der Waals surface area (Å²) in [6.07, 6.45) is 1.84. The highest BCUT2D eigenvalue weighted by Crippen LogP contribution is 2.35. The van der Waals surface area contributed by atoms with Crippen molar-refractivity contribution < 1.29 is 9.32 Å². The van der Waals surface area contributed by atoms with Crippen LogP contribution < -0.4 is 5.56 Å². The Balaban J connectivity index is 1.61. The van der Waals surface area contributed by atoms with Crippen LogP contribution in [-0.2, 0) is 11.3 Å². The summed E-state index contributed by atoms with van der Waals surface area (Å²) < 4.78 is 7.73. The van der Waals surface area contributed by atoms with E-state index >= 15 is 0 Å². The lowest BCUT2D eigenvalue weighted by molar-refractivity contribution is -0.132. The molecule has 2 aromatic heterocycles. The first-order valence-electron chi connectivity index (χ1n) is 8.37. The van der Waals surface area contributed by atoms with Crippen molar-refractivity contribution in [2.75, 3.05) is 6.54 Å². The monoisotopic (exact) mass is 357 g/mol. The van der Waals surface area contributed by atoms with Gasteiger partial charge in [0, 0.05) is 12.1 Å². The summed E-state index contributed by atoms with van der Waals surface area (Å²) in [4.78, 5) is 27.2. The Morgan fingerprint density at radius 2 is 2.16 bits per heavy atom. The second kappa shape index (κ2) is 6.15. The van der Waals surface area contributed by atoms with Gasteiger partial charge in [-0.25, -0.2) is 0 Å². The molecule has 4 rings (SSSR count). The number of benzene rings is 1. The number of fused-ring (bicyclic) bond motifs is 1. The van der Waals surface area contributed by atoms with E-state index in [1.165, 1.54) is 11.5 Å². The summed E-state index contributed by atoms with van der Waals surface area (Å²) in [5.74, 6) is 0.734. The molecule has 1 fully saturated rings. The molecule has 1 aliphatic heterocycles. The Kier molecular flexibility index (Phi) is 3.95. The smallest absolute Gasteiger partial charge is 0.268 e. The van der Waals surface area contributed by atoms with Crippen LogP contribution in [0.2, 0.25) is 0 Å². The summed E-state index contributed by atoms with van der Waals surface area (Å²) in [6.45, 7) is 4.57. The number of nitrogens with zero attached hydrogens (tertiary/aromatic N) is 3. The number of hydrogen-bond donors (Lipinski definition) is 0. The second-order valence-corrected chi connectivity index (χ2v) is 7.48. The highest BCUT2D eigenvalue weighted by atomic mass is 32.1. The zero-order valence-electron chi connectivity index (χ0n) is 14.2. The molecule has 1 aromatic carbocycles. The first-order chi connectivity index (χ1) is 12.1. The van der Waals surface area contributed by atoms with Crippen LogP contribution in [0.1, 0.15) is 35.9 Å². The maximum absolute atomic E-state index is 12.9. The molecule has 0 saturated carbocycles. The third kappa shape index (κ3) is 2.68. The molecular weight excluding hydrogens is 338 g/mol. The zero-order valence-corrected chi connectivity index (χ0v) is 15.0. The molecule has 130 valence electrons. The molecule has 1 aliphatic rings. The van der Waals surface area contributed by atoms with Crippen LogP contribution >= 0.6 is 11.5 Å². The molecule has 6 nitrogen and oxygen atoms in total. The number of carbonyl (C=O) groups is 1. The Bertz CT molecular complexity index is 981. The normalized spacial score (nSPS) is 17.5. The molecule has 0 N–H and O–H groups in total. The maximum atomic E-state index is 12.9. The fourth-order valence-corrected chi connectivity index (χ4v) is 4.65. The van der Waals surface area contributed by atoms with E-state index in [1.54, 1.807) is 10.0 Å². The number of amides is 1. The van der Waals surface area contributed by atoms with Crippen LogP contribution in [0.5, 0.6) is 0 Å². The van der Waals surface area contributed by atoms with Gasteiger partial charge in [0.15, 0.2) is 0 Å². The number of likely N-dealkylation sites (tertiary alicyclic amines) is 1. The average Bonchev–Trinajstić information content (AvgIpc) is 3.27. The lowest BCUT2D eigenvalue weighted by Gasteiger charge is -2.24. The van der Waals surface area contributed by atoms with Crippen LogP contribution in [0.4, 0.5) is 0 Å². The molecule has 0 radical (unpaired) electrons. The van der Waals surface area contributed by atoms with E-state index in [9.17, 15) is 9.59 Å². The van der Waals surface area contributed by atoms with E-state index < -0.39 is 0 Å². The lowest BCUT2D eigenvalue weighted by Crippen LogP contribution is -2.35. The molecule has 0 aliphatic carbocycles. The van der Waals surface area contributed by atoms with Gasteiger partial charge in [0.1, 0.15) is 12.3 Å². The molecule has 1 amide bonds. The maximum Gasteiger partial charge on any atom is 0.268 e. The molecule has 1 saturated heterocycles. The highest BCUT2D eigenvalue weighted by molar-refractivity contribution is 7.13. The Morgan fingerprint density at radius 1 is 1.36 bits per heavy atom. The summed E-state index contributed by atoms with van der Waals surface area (Å²) >= 11 is 1.34. The van der Waals surface area contributed by atoms with E-state index in [0.717, 1.165) is 34.6 Å². The van der Waals surface area contributed by atoms with Gasteiger partial charge in [-0.2, -0.15) is 0 Å². The minimum absolute atomic E-state index is 0.0103. The quantitative estimate of drug-likeness (QED) is 0.722. The van der Waals surface area contributed by atoms with E-state index in [4.69, 9.17) is 4.52 Å². The predicted octanol–water partition coefficient (Wildman–Crippen LogP) is 3.03. The number of aryl methyl sites for hydroxylation is 2. The predicted molar refractivity (Wildman–Crippen MR) is 95.8 cm³/mol. The van der Waals surface area contributed by atoms with E-state index in [-0.39, 0.29) is 24.1 Å². The summed E-state index contributed by atoms with van der Waals surface area (Å²) in [6, 6.07) is 7.45. The summed E-state index contributed by atoms with van der Waals surface area (Å²) in [7, 11) is 0. The Labute approximate surface area is 148 Å². The van der Waals surface area contributed by atoms with E-state index in [0.29, 0.717) is 11.9 Å². The third-order valence-electron chi connectivity index (χ3n) is 4.83. The van der Waals surface area contributed by atoms with Gasteiger partial charge in [0.05, 0.1) is 21.8 Å². The first kappa shape index (κ1) is 16.1. The molecule has 0 unspecified atom stereocenters. The van der Waals surface area contributed by atoms with E-state index in [2.05, 4.69) is 5.16 Å². The van der Waals surface area contributed by atoms with Crippen molar-refractivity contribution in [1.29, 1.82) is 0 Å². The van der Waals surface area contributed by atoms with Gasteiger partial charge < -0.3 is 9.42 Å². The minimum Gasteiger partial charge on any atom is -0.361 e. The van der Waals surface area contributed by atoms with E-state index in [1.807, 2.05) is 36.9 Å². The average molecular weight is 357 g/mol. The molecule has 0 spiro atoms. The van der Waals surface area contributed by atoms with Crippen molar-refractivity contribution >= 4 is 27.5 Å². The van der Waals surface area contributed by atoms with Crippen molar-refractivity contribution in [3.63, 3.8) is 0 Å². The lowest BCUT2D eigenvalue weighted by atomic mass is 10.0. The molecule has 7 heteroatoms. The zero-order chi connectivity index (χ0) is 17.6. The van der Waals surface area contributed by atoms with Gasteiger partial charge in [-0.15, -0.1) is 0 Å². The number of carbonyl (C=O) groups excluding carboxylic acids is 1. The SMILES string of the molecule is Cc1noc(C)c1[C@@H]1CCCN1C(=O)Cn1sc2ccccc2c1=O. The summed E-state index contributed by atoms with van der Waals surface area (Å²) in [5, 5.41) is 4.69. The van der Waals surface area contributed by atoms with Crippen LogP contribution in [0, 0.1) is 13.8 Å². The van der Waals surface area contributed by atoms with Gasteiger partial charge in [0.25, 0.3) is 5.56 Å². The minimum atomic E-state index is -0.0953. The molecular formula is C18H19N3O3S. The van der Waals surface area contributed by atoms with Crippen LogP contribution in [0.25, 0.3) is 10.1 Å². The second-order valence-electron chi connectivity index (χ2n) is 6.41. The topological polar surface area (TPSA) is 68.3 Å². The Morgan fingerprint density at radius 3 is 2.88 bits per heavy atom. The van der Waals surface area contributed by atoms with Gasteiger partial charge >= 0.3 is 0 Å². The largest absolute Gasteiger partial charge is 0.361 e. The molecule has 25 heavy (non-hydrogen) atoms. The fourth-order valence-electron chi connectivity index (χ4n) is 3.67. The van der Waals surface area contributed by atoms with Crippen LogP contribution in [0.15, 0.2) is 33.6 Å².